The summed E-state index contributed by atoms with van der Waals surface area (Å²) in [4.78, 5) is 11.9. The lowest BCUT2D eigenvalue weighted by atomic mass is 10.3. The zero-order valence-corrected chi connectivity index (χ0v) is 14.5. The van der Waals surface area contributed by atoms with Crippen molar-refractivity contribution in [2.45, 2.75) is 17.7 Å². The summed E-state index contributed by atoms with van der Waals surface area (Å²) < 4.78 is 28.3. The van der Waals surface area contributed by atoms with Crippen molar-refractivity contribution < 1.29 is 13.2 Å². The molecule has 5 nitrogen and oxygen atoms in total. The van der Waals surface area contributed by atoms with Gasteiger partial charge in [-0.05, 0) is 55.3 Å². The molecule has 1 aliphatic rings. The number of hydrogen-bond donors (Lipinski definition) is 2. The van der Waals surface area contributed by atoms with Crippen LogP contribution in [0.15, 0.2) is 57.9 Å². The molecule has 0 aliphatic heterocycles. The van der Waals surface area contributed by atoms with Crippen LogP contribution in [0, 0.1) is 5.92 Å². The Kier molecular flexibility index (Phi) is 4.41. The second kappa shape index (κ2) is 6.33. The van der Waals surface area contributed by atoms with Gasteiger partial charge < -0.3 is 5.32 Å². The van der Waals surface area contributed by atoms with E-state index < -0.39 is 10.0 Å². The normalized spacial score (nSPS) is 14.3. The Hall–Kier alpha value is -1.86. The average molecular weight is 395 g/mol. The van der Waals surface area contributed by atoms with Gasteiger partial charge in [0.05, 0.1) is 4.90 Å². The van der Waals surface area contributed by atoms with Gasteiger partial charge in [-0.1, -0.05) is 22.0 Å². The number of anilines is 2. The molecule has 2 aromatic rings. The average Bonchev–Trinajstić information content (AvgIpc) is 3.34. The maximum Gasteiger partial charge on any atom is 0.261 e. The molecular formula is C16H15BrN2O3S. The minimum absolute atomic E-state index is 0.0552. The minimum atomic E-state index is -3.71. The number of halogens is 1. The molecule has 0 bridgehead atoms. The Morgan fingerprint density at radius 1 is 1.04 bits per heavy atom. The van der Waals surface area contributed by atoms with Gasteiger partial charge in [0.1, 0.15) is 0 Å². The van der Waals surface area contributed by atoms with E-state index in [1.165, 1.54) is 12.1 Å². The summed E-state index contributed by atoms with van der Waals surface area (Å²) >= 11 is 3.30. The first-order valence-electron chi connectivity index (χ1n) is 7.13. The highest BCUT2D eigenvalue weighted by Crippen LogP contribution is 2.30. The van der Waals surface area contributed by atoms with Crippen molar-refractivity contribution in [2.75, 3.05) is 10.0 Å². The number of amides is 1. The van der Waals surface area contributed by atoms with Crippen LogP contribution >= 0.6 is 15.9 Å². The highest BCUT2D eigenvalue weighted by molar-refractivity contribution is 9.10. The molecule has 1 aliphatic carbocycles. The summed E-state index contributed by atoms with van der Waals surface area (Å²) in [6.07, 6.45) is 1.80. The first kappa shape index (κ1) is 16.0. The Bertz CT molecular complexity index is 831. The minimum Gasteiger partial charge on any atom is -0.326 e. The van der Waals surface area contributed by atoms with Crippen LogP contribution in [-0.4, -0.2) is 14.3 Å². The van der Waals surface area contributed by atoms with Crippen molar-refractivity contribution in [3.63, 3.8) is 0 Å². The Balaban J connectivity index is 1.78. The molecule has 0 atom stereocenters. The molecule has 1 saturated carbocycles. The fourth-order valence-electron chi connectivity index (χ4n) is 2.06. The molecule has 23 heavy (non-hydrogen) atoms. The summed E-state index contributed by atoms with van der Waals surface area (Å²) in [6, 6.07) is 13.1. The van der Waals surface area contributed by atoms with Crippen LogP contribution in [0.2, 0.25) is 0 Å². The third-order valence-corrected chi connectivity index (χ3v) is 5.36. The second-order valence-corrected chi connectivity index (χ2v) is 8.00. The van der Waals surface area contributed by atoms with E-state index in [2.05, 4.69) is 26.0 Å². The van der Waals surface area contributed by atoms with Crippen LogP contribution in [0.4, 0.5) is 11.4 Å². The number of hydrogen-bond acceptors (Lipinski definition) is 3. The van der Waals surface area contributed by atoms with E-state index in [4.69, 9.17) is 0 Å². The molecule has 0 radical (unpaired) electrons. The maximum atomic E-state index is 12.4. The molecule has 1 amide bonds. The summed E-state index contributed by atoms with van der Waals surface area (Å²) in [5.74, 6) is 0.0107. The van der Waals surface area contributed by atoms with Crippen LogP contribution in [0.25, 0.3) is 0 Å². The lowest BCUT2D eigenvalue weighted by Crippen LogP contribution is -2.15. The maximum absolute atomic E-state index is 12.4. The predicted octanol–water partition coefficient (Wildman–Crippen LogP) is 3.60. The summed E-state index contributed by atoms with van der Waals surface area (Å²) in [7, 11) is -3.71. The number of benzene rings is 2. The third kappa shape index (κ3) is 4.11. The van der Waals surface area contributed by atoms with Crippen LogP contribution in [0.5, 0.6) is 0 Å². The molecule has 7 heteroatoms. The van der Waals surface area contributed by atoms with E-state index in [-0.39, 0.29) is 16.7 Å². The van der Waals surface area contributed by atoms with Gasteiger partial charge >= 0.3 is 0 Å². The molecule has 0 saturated heterocycles. The van der Waals surface area contributed by atoms with E-state index in [1.54, 1.807) is 36.4 Å². The van der Waals surface area contributed by atoms with Crippen LogP contribution in [-0.2, 0) is 14.8 Å². The second-order valence-electron chi connectivity index (χ2n) is 5.40. The van der Waals surface area contributed by atoms with Gasteiger partial charge in [-0.2, -0.15) is 0 Å². The van der Waals surface area contributed by atoms with Gasteiger partial charge in [0.25, 0.3) is 10.0 Å². The van der Waals surface area contributed by atoms with Crippen LogP contribution in [0.3, 0.4) is 0 Å². The van der Waals surface area contributed by atoms with Crippen molar-refractivity contribution in [3.8, 4) is 0 Å². The number of carbonyl (C=O) groups excluding carboxylic acids is 1. The Morgan fingerprint density at radius 3 is 2.39 bits per heavy atom. The fourth-order valence-corrected chi connectivity index (χ4v) is 3.43. The summed E-state index contributed by atoms with van der Waals surface area (Å²) in [5.41, 5.74) is 0.959. The van der Waals surface area contributed by atoms with E-state index in [1.807, 2.05) is 0 Å². The van der Waals surface area contributed by atoms with Crippen molar-refractivity contribution >= 4 is 43.2 Å². The fraction of sp³-hybridized carbons (Fsp3) is 0.188. The molecule has 2 N–H and O–H groups in total. The molecular weight excluding hydrogens is 380 g/mol. The van der Waals surface area contributed by atoms with Crippen molar-refractivity contribution in [3.05, 3.63) is 53.0 Å². The molecule has 120 valence electrons. The first-order chi connectivity index (χ1) is 10.9. The van der Waals surface area contributed by atoms with Gasteiger partial charge in [-0.15, -0.1) is 0 Å². The smallest absolute Gasteiger partial charge is 0.261 e. The zero-order chi connectivity index (χ0) is 16.4. The third-order valence-electron chi connectivity index (χ3n) is 3.46. The quantitative estimate of drug-likeness (QED) is 0.813. The summed E-state index contributed by atoms with van der Waals surface area (Å²) in [6.45, 7) is 0. The van der Waals surface area contributed by atoms with E-state index >= 15 is 0 Å². The molecule has 1 fully saturated rings. The number of sulfonamides is 1. The topological polar surface area (TPSA) is 75.3 Å². The van der Waals surface area contributed by atoms with Crippen molar-refractivity contribution in [1.82, 2.24) is 0 Å². The Labute approximate surface area is 143 Å². The molecule has 2 aromatic carbocycles. The Morgan fingerprint density at radius 2 is 1.74 bits per heavy atom. The van der Waals surface area contributed by atoms with Gasteiger partial charge in [0.2, 0.25) is 5.91 Å². The number of rotatable bonds is 5. The molecule has 3 rings (SSSR count). The lowest BCUT2D eigenvalue weighted by Gasteiger charge is -2.10. The van der Waals surface area contributed by atoms with Gasteiger partial charge in [0.15, 0.2) is 0 Å². The molecule has 0 aromatic heterocycles. The highest BCUT2D eigenvalue weighted by Gasteiger charge is 2.29. The lowest BCUT2D eigenvalue weighted by molar-refractivity contribution is -0.117. The predicted molar refractivity (Wildman–Crippen MR) is 92.7 cm³/mol. The number of nitrogens with one attached hydrogen (secondary N) is 2. The van der Waals surface area contributed by atoms with E-state index in [9.17, 15) is 13.2 Å². The van der Waals surface area contributed by atoms with Gasteiger partial charge in [0, 0.05) is 21.8 Å². The largest absolute Gasteiger partial charge is 0.326 e. The molecule has 0 heterocycles. The van der Waals surface area contributed by atoms with Crippen molar-refractivity contribution in [2.24, 2.45) is 5.92 Å². The standard InChI is InChI=1S/C16H15BrN2O3S/c17-12-6-8-13(9-7-12)19-23(21,22)15-3-1-2-14(10-15)18-16(20)11-4-5-11/h1-3,6-11,19H,4-5H2,(H,18,20). The monoisotopic (exact) mass is 394 g/mol. The highest BCUT2D eigenvalue weighted by atomic mass is 79.9. The number of carbonyl (C=O) groups is 1. The van der Waals surface area contributed by atoms with Crippen molar-refractivity contribution in [1.29, 1.82) is 0 Å². The van der Waals surface area contributed by atoms with E-state index in [0.717, 1.165) is 17.3 Å². The molecule has 0 spiro atoms. The van der Waals surface area contributed by atoms with Gasteiger partial charge in [-0.25, -0.2) is 8.42 Å². The zero-order valence-electron chi connectivity index (χ0n) is 12.1. The van der Waals surface area contributed by atoms with Crippen LogP contribution in [0.1, 0.15) is 12.8 Å². The molecule has 0 unspecified atom stereocenters. The summed E-state index contributed by atoms with van der Waals surface area (Å²) in [5, 5.41) is 2.75. The first-order valence-corrected chi connectivity index (χ1v) is 9.41. The van der Waals surface area contributed by atoms with Crippen LogP contribution < -0.4 is 10.0 Å². The van der Waals surface area contributed by atoms with Gasteiger partial charge in [-0.3, -0.25) is 9.52 Å². The SMILES string of the molecule is O=C(Nc1cccc(S(=O)(=O)Nc2ccc(Br)cc2)c1)C1CC1. The van der Waals surface area contributed by atoms with E-state index in [0.29, 0.717) is 11.4 Å².